The second kappa shape index (κ2) is 4.91. The molecule has 0 aliphatic carbocycles. The highest BCUT2D eigenvalue weighted by Crippen LogP contribution is 2.30. The molecule has 1 rings (SSSR count). The molecule has 0 bridgehead atoms. The van der Waals surface area contributed by atoms with Crippen LogP contribution in [0.2, 0.25) is 0 Å². The van der Waals surface area contributed by atoms with Crippen molar-refractivity contribution < 1.29 is 14.3 Å². The summed E-state index contributed by atoms with van der Waals surface area (Å²) in [4.78, 5) is 10.4. The molecule has 0 saturated heterocycles. The molecule has 1 aromatic carbocycles. The molecule has 1 aromatic rings. The fourth-order valence-electron chi connectivity index (χ4n) is 1.48. The van der Waals surface area contributed by atoms with Gasteiger partial charge in [-0.25, -0.2) is 4.39 Å². The first-order valence-electron chi connectivity index (χ1n) is 4.96. The number of phenolic OH excluding ortho intramolecular Hbond substituents is 1. The Balaban J connectivity index is 3.01. The van der Waals surface area contributed by atoms with Crippen LogP contribution in [0.5, 0.6) is 5.75 Å². The zero-order valence-electron chi connectivity index (χ0n) is 8.90. The lowest BCUT2D eigenvalue weighted by Crippen LogP contribution is -1.96. The smallest absolute Gasteiger partial charge is 0.126 e. The predicted octanol–water partition coefficient (Wildman–Crippen LogP) is 3.12. The first-order valence-corrected chi connectivity index (χ1v) is 4.96. The molecular weight excluding hydrogens is 195 g/mol. The lowest BCUT2D eigenvalue weighted by molar-refractivity contribution is -0.108. The van der Waals surface area contributed by atoms with Crippen LogP contribution in [-0.2, 0) is 4.79 Å². The van der Waals surface area contributed by atoms with Gasteiger partial charge in [-0.3, -0.25) is 0 Å². The van der Waals surface area contributed by atoms with Crippen molar-refractivity contribution in [3.05, 3.63) is 29.3 Å². The van der Waals surface area contributed by atoms with Gasteiger partial charge in [0.15, 0.2) is 0 Å². The van der Waals surface area contributed by atoms with E-state index in [1.165, 1.54) is 13.0 Å². The molecule has 0 amide bonds. The molecule has 0 spiro atoms. The van der Waals surface area contributed by atoms with Crippen molar-refractivity contribution in [3.8, 4) is 5.75 Å². The maximum Gasteiger partial charge on any atom is 0.126 e. The number of hydrogen-bond donors (Lipinski definition) is 1. The summed E-state index contributed by atoms with van der Waals surface area (Å²) in [6.45, 7) is 3.27. The lowest BCUT2D eigenvalue weighted by atomic mass is 9.95. The van der Waals surface area contributed by atoms with Gasteiger partial charge < -0.3 is 9.90 Å². The van der Waals surface area contributed by atoms with Gasteiger partial charge in [0.1, 0.15) is 18.2 Å². The Bertz CT molecular complexity index is 347. The SMILES string of the molecule is CC(F)c1cc(C(C)CC=O)ccc1O. The number of hydrogen-bond acceptors (Lipinski definition) is 2. The average Bonchev–Trinajstić information content (AvgIpc) is 2.18. The van der Waals surface area contributed by atoms with E-state index in [2.05, 4.69) is 0 Å². The molecule has 1 N–H and O–H groups in total. The van der Waals surface area contributed by atoms with Crippen LogP contribution >= 0.6 is 0 Å². The molecule has 0 aliphatic heterocycles. The molecule has 82 valence electrons. The van der Waals surface area contributed by atoms with Gasteiger partial charge in [0.2, 0.25) is 0 Å². The predicted molar refractivity (Wildman–Crippen MR) is 56.7 cm³/mol. The van der Waals surface area contributed by atoms with Gasteiger partial charge in [0.25, 0.3) is 0 Å². The number of aldehydes is 1. The van der Waals surface area contributed by atoms with E-state index in [-0.39, 0.29) is 17.2 Å². The van der Waals surface area contributed by atoms with E-state index in [1.54, 1.807) is 12.1 Å². The van der Waals surface area contributed by atoms with E-state index < -0.39 is 6.17 Å². The monoisotopic (exact) mass is 210 g/mol. The third kappa shape index (κ3) is 2.78. The summed E-state index contributed by atoms with van der Waals surface area (Å²) >= 11 is 0. The second-order valence-corrected chi connectivity index (χ2v) is 3.74. The van der Waals surface area contributed by atoms with Gasteiger partial charge >= 0.3 is 0 Å². The molecule has 0 aromatic heterocycles. The number of alkyl halides is 1. The van der Waals surface area contributed by atoms with Crippen LogP contribution in [0.3, 0.4) is 0 Å². The van der Waals surface area contributed by atoms with Crippen molar-refractivity contribution in [3.63, 3.8) is 0 Å². The summed E-state index contributed by atoms with van der Waals surface area (Å²) in [5.74, 6) is 0.0210. The molecule has 15 heavy (non-hydrogen) atoms. The second-order valence-electron chi connectivity index (χ2n) is 3.74. The molecule has 2 unspecified atom stereocenters. The van der Waals surface area contributed by atoms with Gasteiger partial charge in [0, 0.05) is 12.0 Å². The Morgan fingerprint density at radius 1 is 1.47 bits per heavy atom. The largest absolute Gasteiger partial charge is 0.508 e. The Morgan fingerprint density at radius 2 is 2.13 bits per heavy atom. The number of rotatable bonds is 4. The minimum Gasteiger partial charge on any atom is -0.508 e. The normalized spacial score (nSPS) is 14.6. The number of halogens is 1. The van der Waals surface area contributed by atoms with E-state index in [1.807, 2.05) is 6.92 Å². The quantitative estimate of drug-likeness (QED) is 0.775. The molecule has 0 radical (unpaired) electrons. The van der Waals surface area contributed by atoms with Crippen LogP contribution in [0.15, 0.2) is 18.2 Å². The summed E-state index contributed by atoms with van der Waals surface area (Å²) < 4.78 is 13.1. The first-order chi connectivity index (χ1) is 7.06. The topological polar surface area (TPSA) is 37.3 Å². The number of phenols is 1. The van der Waals surface area contributed by atoms with Crippen molar-refractivity contribution >= 4 is 6.29 Å². The average molecular weight is 210 g/mol. The Labute approximate surface area is 88.7 Å². The molecule has 0 aliphatic rings. The van der Waals surface area contributed by atoms with Crippen molar-refractivity contribution in [2.24, 2.45) is 0 Å². The van der Waals surface area contributed by atoms with Crippen LogP contribution in [0.25, 0.3) is 0 Å². The molecule has 2 atom stereocenters. The molecule has 3 heteroatoms. The summed E-state index contributed by atoms with van der Waals surface area (Å²) in [5, 5.41) is 9.41. The molecule has 0 saturated carbocycles. The van der Waals surface area contributed by atoms with Gasteiger partial charge in [-0.05, 0) is 30.5 Å². The van der Waals surface area contributed by atoms with E-state index in [4.69, 9.17) is 0 Å². The summed E-state index contributed by atoms with van der Waals surface area (Å²) in [6.07, 6.45) is 0.0504. The molecule has 0 heterocycles. The van der Waals surface area contributed by atoms with Crippen molar-refractivity contribution in [2.45, 2.75) is 32.4 Å². The third-order valence-electron chi connectivity index (χ3n) is 2.50. The van der Waals surface area contributed by atoms with Crippen molar-refractivity contribution in [1.82, 2.24) is 0 Å². The van der Waals surface area contributed by atoms with Crippen molar-refractivity contribution in [1.29, 1.82) is 0 Å². The van der Waals surface area contributed by atoms with Crippen LogP contribution in [0, 0.1) is 0 Å². The Kier molecular flexibility index (Phi) is 3.83. The maximum absolute atomic E-state index is 13.1. The van der Waals surface area contributed by atoms with Crippen molar-refractivity contribution in [2.75, 3.05) is 0 Å². The summed E-state index contributed by atoms with van der Waals surface area (Å²) in [7, 11) is 0. The van der Waals surface area contributed by atoms with Gasteiger partial charge in [0.05, 0.1) is 0 Å². The highest BCUT2D eigenvalue weighted by Gasteiger charge is 2.12. The summed E-state index contributed by atoms with van der Waals surface area (Å²) in [6, 6.07) is 4.81. The highest BCUT2D eigenvalue weighted by molar-refractivity contribution is 5.52. The zero-order chi connectivity index (χ0) is 11.4. The number of benzene rings is 1. The molecular formula is C12H15FO2. The van der Waals surface area contributed by atoms with Gasteiger partial charge in [-0.2, -0.15) is 0 Å². The van der Waals surface area contributed by atoms with E-state index in [0.29, 0.717) is 6.42 Å². The zero-order valence-corrected chi connectivity index (χ0v) is 8.90. The minimum absolute atomic E-state index is 0.0351. The molecule has 2 nitrogen and oxygen atoms in total. The van der Waals surface area contributed by atoms with E-state index in [9.17, 15) is 14.3 Å². The summed E-state index contributed by atoms with van der Waals surface area (Å²) in [5.41, 5.74) is 1.16. The standard InChI is InChI=1S/C12H15FO2/c1-8(5-6-14)10-3-4-12(15)11(7-10)9(2)13/h3-4,6-9,15H,5H2,1-2H3. The van der Waals surface area contributed by atoms with Gasteiger partial charge in [-0.1, -0.05) is 13.0 Å². The van der Waals surface area contributed by atoms with E-state index in [0.717, 1.165) is 11.8 Å². The first kappa shape index (κ1) is 11.7. The lowest BCUT2D eigenvalue weighted by Gasteiger charge is -2.12. The van der Waals surface area contributed by atoms with Crippen LogP contribution in [0.4, 0.5) is 4.39 Å². The fraction of sp³-hybridized carbons (Fsp3) is 0.417. The third-order valence-corrected chi connectivity index (χ3v) is 2.50. The fourth-order valence-corrected chi connectivity index (χ4v) is 1.48. The van der Waals surface area contributed by atoms with E-state index >= 15 is 0 Å². The van der Waals surface area contributed by atoms with Gasteiger partial charge in [-0.15, -0.1) is 0 Å². The van der Waals surface area contributed by atoms with Crippen LogP contribution < -0.4 is 0 Å². The van der Waals surface area contributed by atoms with Crippen LogP contribution in [-0.4, -0.2) is 11.4 Å². The van der Waals surface area contributed by atoms with Crippen LogP contribution in [0.1, 0.15) is 43.5 Å². The Hall–Kier alpha value is -1.38. The molecule has 0 fully saturated rings. The highest BCUT2D eigenvalue weighted by atomic mass is 19.1. The number of carbonyl (C=O) groups is 1. The Morgan fingerprint density at radius 3 is 2.67 bits per heavy atom. The minimum atomic E-state index is -1.20. The number of aromatic hydroxyl groups is 1. The number of carbonyl (C=O) groups excluding carboxylic acids is 1. The maximum atomic E-state index is 13.1.